The molecule has 9 heteroatoms. The SMILES string of the molecule is Cc1nc(CNS(=O)(=O)c2c(Cl)cc(N)cc2Cl)oc1C. The predicted molar refractivity (Wildman–Crippen MR) is 80.9 cm³/mol. The van der Waals surface area contributed by atoms with Crippen LogP contribution in [0.25, 0.3) is 0 Å². The maximum absolute atomic E-state index is 12.3. The topological polar surface area (TPSA) is 98.2 Å². The molecule has 0 atom stereocenters. The molecule has 0 radical (unpaired) electrons. The standard InChI is InChI=1S/C12H13Cl2N3O3S/c1-6-7(2)20-11(17-6)5-16-21(18,19)12-9(13)3-8(15)4-10(12)14/h3-4,16H,5,15H2,1-2H3. The van der Waals surface area contributed by atoms with Crippen LogP contribution in [-0.4, -0.2) is 13.4 Å². The Kier molecular flexibility index (Phi) is 4.48. The Bertz CT molecular complexity index is 745. The molecule has 1 aromatic heterocycles. The minimum absolute atomic E-state index is 0.0488. The smallest absolute Gasteiger partial charge is 0.244 e. The lowest BCUT2D eigenvalue weighted by molar-refractivity contribution is 0.463. The number of hydrogen-bond donors (Lipinski definition) is 2. The van der Waals surface area contributed by atoms with Gasteiger partial charge >= 0.3 is 0 Å². The van der Waals surface area contributed by atoms with Gasteiger partial charge in [-0.25, -0.2) is 18.1 Å². The molecule has 0 saturated carbocycles. The molecule has 1 heterocycles. The maximum atomic E-state index is 12.3. The van der Waals surface area contributed by atoms with Crippen LogP contribution in [0.3, 0.4) is 0 Å². The van der Waals surface area contributed by atoms with Crippen molar-refractivity contribution in [2.75, 3.05) is 5.73 Å². The molecule has 2 aromatic rings. The van der Waals surface area contributed by atoms with Crippen LogP contribution in [0.5, 0.6) is 0 Å². The fourth-order valence-corrected chi connectivity index (χ4v) is 3.88. The first kappa shape index (κ1) is 16.1. The van der Waals surface area contributed by atoms with E-state index in [-0.39, 0.29) is 33.1 Å². The number of aryl methyl sites for hydroxylation is 2. The molecule has 0 unspecified atom stereocenters. The summed E-state index contributed by atoms with van der Waals surface area (Å²) in [7, 11) is -3.91. The van der Waals surface area contributed by atoms with Gasteiger partial charge in [-0.05, 0) is 26.0 Å². The van der Waals surface area contributed by atoms with Crippen molar-refractivity contribution >= 4 is 38.9 Å². The van der Waals surface area contributed by atoms with Crippen LogP contribution in [0, 0.1) is 13.8 Å². The molecule has 3 N–H and O–H groups in total. The summed E-state index contributed by atoms with van der Waals surface area (Å²) in [6.45, 7) is 3.41. The van der Waals surface area contributed by atoms with Crippen LogP contribution in [0.2, 0.25) is 10.0 Å². The van der Waals surface area contributed by atoms with E-state index in [1.807, 2.05) is 0 Å². The first-order valence-electron chi connectivity index (χ1n) is 5.88. The molecule has 0 fully saturated rings. The van der Waals surface area contributed by atoms with E-state index in [0.29, 0.717) is 11.5 Å². The van der Waals surface area contributed by atoms with E-state index in [2.05, 4.69) is 9.71 Å². The van der Waals surface area contributed by atoms with Gasteiger partial charge < -0.3 is 10.2 Å². The van der Waals surface area contributed by atoms with Crippen molar-refractivity contribution in [1.82, 2.24) is 9.71 Å². The lowest BCUT2D eigenvalue weighted by Gasteiger charge is -2.09. The van der Waals surface area contributed by atoms with Gasteiger partial charge in [0.1, 0.15) is 10.7 Å². The zero-order chi connectivity index (χ0) is 15.8. The van der Waals surface area contributed by atoms with Crippen molar-refractivity contribution in [2.45, 2.75) is 25.3 Å². The summed E-state index contributed by atoms with van der Waals surface area (Å²) in [5.41, 5.74) is 6.53. The minimum Gasteiger partial charge on any atom is -0.444 e. The second-order valence-electron chi connectivity index (χ2n) is 4.39. The number of oxazole rings is 1. The highest BCUT2D eigenvalue weighted by Crippen LogP contribution is 2.31. The number of nitrogens with two attached hydrogens (primary N) is 1. The maximum Gasteiger partial charge on any atom is 0.244 e. The van der Waals surface area contributed by atoms with Gasteiger partial charge in [0, 0.05) is 5.69 Å². The van der Waals surface area contributed by atoms with Crippen molar-refractivity contribution in [3.05, 3.63) is 39.5 Å². The molecule has 0 saturated heterocycles. The number of nitrogens with one attached hydrogen (secondary N) is 1. The number of anilines is 1. The second kappa shape index (κ2) is 5.84. The van der Waals surface area contributed by atoms with E-state index < -0.39 is 10.0 Å². The molecule has 0 aliphatic carbocycles. The highest BCUT2D eigenvalue weighted by molar-refractivity contribution is 7.89. The van der Waals surface area contributed by atoms with Gasteiger partial charge in [-0.2, -0.15) is 0 Å². The summed E-state index contributed by atoms with van der Waals surface area (Å²) in [5.74, 6) is 0.893. The largest absolute Gasteiger partial charge is 0.444 e. The van der Waals surface area contributed by atoms with Crippen LogP contribution in [-0.2, 0) is 16.6 Å². The molecule has 114 valence electrons. The van der Waals surface area contributed by atoms with Gasteiger partial charge in [0.2, 0.25) is 15.9 Å². The van der Waals surface area contributed by atoms with Crippen molar-refractivity contribution < 1.29 is 12.8 Å². The predicted octanol–water partition coefficient (Wildman–Crippen LogP) is 2.66. The molecular formula is C12H13Cl2N3O3S. The molecule has 0 spiro atoms. The average molecular weight is 350 g/mol. The third-order valence-electron chi connectivity index (χ3n) is 2.78. The second-order valence-corrected chi connectivity index (χ2v) is 6.91. The summed E-state index contributed by atoms with van der Waals surface area (Å²) in [4.78, 5) is 3.86. The number of sulfonamides is 1. The van der Waals surface area contributed by atoms with Crippen LogP contribution < -0.4 is 10.5 Å². The molecule has 0 bridgehead atoms. The number of nitrogen functional groups attached to an aromatic ring is 1. The van der Waals surface area contributed by atoms with E-state index in [0.717, 1.165) is 0 Å². The molecule has 0 aliphatic heterocycles. The quantitative estimate of drug-likeness (QED) is 0.826. The van der Waals surface area contributed by atoms with Gasteiger partial charge in [-0.15, -0.1) is 0 Å². The third kappa shape index (κ3) is 3.49. The number of rotatable bonds is 4. The van der Waals surface area contributed by atoms with E-state index in [1.54, 1.807) is 13.8 Å². The fraction of sp³-hybridized carbons (Fsp3) is 0.250. The molecule has 2 rings (SSSR count). The number of benzene rings is 1. The van der Waals surface area contributed by atoms with Gasteiger partial charge in [0.15, 0.2) is 0 Å². The van der Waals surface area contributed by atoms with Crippen molar-refractivity contribution in [3.8, 4) is 0 Å². The number of nitrogens with zero attached hydrogens (tertiary/aromatic N) is 1. The molecule has 21 heavy (non-hydrogen) atoms. The Morgan fingerprint density at radius 2 is 1.86 bits per heavy atom. The van der Waals surface area contributed by atoms with E-state index in [4.69, 9.17) is 33.4 Å². The Morgan fingerprint density at radius 1 is 1.29 bits per heavy atom. The van der Waals surface area contributed by atoms with Crippen molar-refractivity contribution in [1.29, 1.82) is 0 Å². The van der Waals surface area contributed by atoms with Crippen LogP contribution in [0.15, 0.2) is 21.4 Å². The Hall–Kier alpha value is -1.28. The van der Waals surface area contributed by atoms with E-state index in [9.17, 15) is 8.42 Å². The summed E-state index contributed by atoms with van der Waals surface area (Å²) in [6, 6.07) is 2.64. The highest BCUT2D eigenvalue weighted by Gasteiger charge is 2.23. The number of aromatic nitrogens is 1. The zero-order valence-electron chi connectivity index (χ0n) is 11.3. The summed E-state index contributed by atoms with van der Waals surface area (Å²) < 4.78 is 32.2. The number of halogens is 2. The molecule has 0 aliphatic rings. The first-order valence-corrected chi connectivity index (χ1v) is 8.11. The summed E-state index contributed by atoms with van der Waals surface area (Å²) in [5, 5.41) is -0.0977. The lowest BCUT2D eigenvalue weighted by Crippen LogP contribution is -2.24. The van der Waals surface area contributed by atoms with Gasteiger partial charge in [0.05, 0.1) is 22.3 Å². The van der Waals surface area contributed by atoms with Gasteiger partial charge in [-0.1, -0.05) is 23.2 Å². The minimum atomic E-state index is -3.91. The average Bonchev–Trinajstić information content (AvgIpc) is 2.65. The van der Waals surface area contributed by atoms with Gasteiger partial charge in [-0.3, -0.25) is 0 Å². The Labute approximate surface area is 132 Å². The van der Waals surface area contributed by atoms with E-state index in [1.165, 1.54) is 12.1 Å². The molecule has 0 amide bonds. The molecule has 1 aromatic carbocycles. The fourth-order valence-electron chi connectivity index (χ4n) is 1.68. The monoisotopic (exact) mass is 349 g/mol. The van der Waals surface area contributed by atoms with Crippen LogP contribution >= 0.6 is 23.2 Å². The normalized spacial score (nSPS) is 11.8. The zero-order valence-corrected chi connectivity index (χ0v) is 13.6. The Balaban J connectivity index is 2.27. The summed E-state index contributed by atoms with van der Waals surface area (Å²) >= 11 is 11.8. The molecular weight excluding hydrogens is 337 g/mol. The van der Waals surface area contributed by atoms with Crippen molar-refractivity contribution in [2.24, 2.45) is 0 Å². The summed E-state index contributed by atoms with van der Waals surface area (Å²) in [6.07, 6.45) is 0. The van der Waals surface area contributed by atoms with Crippen LogP contribution in [0.4, 0.5) is 5.69 Å². The lowest BCUT2D eigenvalue weighted by atomic mass is 10.3. The Morgan fingerprint density at radius 3 is 2.33 bits per heavy atom. The van der Waals surface area contributed by atoms with Crippen molar-refractivity contribution in [3.63, 3.8) is 0 Å². The highest BCUT2D eigenvalue weighted by atomic mass is 35.5. The van der Waals surface area contributed by atoms with Crippen LogP contribution in [0.1, 0.15) is 17.3 Å². The number of hydrogen-bond acceptors (Lipinski definition) is 5. The third-order valence-corrected chi connectivity index (χ3v) is 5.10. The van der Waals surface area contributed by atoms with E-state index >= 15 is 0 Å². The molecule has 6 nitrogen and oxygen atoms in total. The first-order chi connectivity index (χ1) is 9.70. The van der Waals surface area contributed by atoms with Gasteiger partial charge in [0.25, 0.3) is 0 Å².